The fourth-order valence-corrected chi connectivity index (χ4v) is 1.01. The molecule has 0 bridgehead atoms. The van der Waals surface area contributed by atoms with E-state index in [0.717, 1.165) is 24.0 Å². The van der Waals surface area contributed by atoms with Crippen molar-refractivity contribution in [3.63, 3.8) is 0 Å². The Kier molecular flexibility index (Phi) is 1.39. The Labute approximate surface area is 65.2 Å². The van der Waals surface area contributed by atoms with Crippen LogP contribution < -0.4 is 0 Å². The summed E-state index contributed by atoms with van der Waals surface area (Å²) >= 11 is 0. The van der Waals surface area contributed by atoms with Crippen LogP contribution in [-0.2, 0) is 0 Å². The molecule has 1 fully saturated rings. The number of aliphatic hydroxyl groups is 1. The smallest absolute Gasteiger partial charge is 0.123 e. The SMILES string of the molecule is OC(=C1CC1)c1cccnc1. The van der Waals surface area contributed by atoms with Crippen LogP contribution in [0.1, 0.15) is 18.4 Å². The minimum absolute atomic E-state index is 0.429. The van der Waals surface area contributed by atoms with Gasteiger partial charge < -0.3 is 5.11 Å². The molecule has 0 aliphatic heterocycles. The van der Waals surface area contributed by atoms with Crippen molar-refractivity contribution in [3.8, 4) is 0 Å². The molecule has 2 rings (SSSR count). The van der Waals surface area contributed by atoms with Crippen LogP contribution in [0.3, 0.4) is 0 Å². The summed E-state index contributed by atoms with van der Waals surface area (Å²) in [4.78, 5) is 3.92. The van der Waals surface area contributed by atoms with Gasteiger partial charge in [0, 0.05) is 18.0 Å². The van der Waals surface area contributed by atoms with Gasteiger partial charge in [-0.05, 0) is 30.5 Å². The number of aromatic nitrogens is 1. The van der Waals surface area contributed by atoms with Crippen molar-refractivity contribution in [2.75, 3.05) is 0 Å². The highest BCUT2D eigenvalue weighted by Gasteiger charge is 2.17. The first-order valence-corrected chi connectivity index (χ1v) is 3.69. The van der Waals surface area contributed by atoms with Crippen molar-refractivity contribution in [1.29, 1.82) is 0 Å². The molecule has 0 saturated heterocycles. The van der Waals surface area contributed by atoms with Gasteiger partial charge in [0.25, 0.3) is 0 Å². The van der Waals surface area contributed by atoms with Crippen molar-refractivity contribution < 1.29 is 5.11 Å². The average Bonchev–Trinajstić information content (AvgIpc) is 2.87. The molecule has 1 heterocycles. The number of pyridine rings is 1. The summed E-state index contributed by atoms with van der Waals surface area (Å²) in [5, 5.41) is 9.50. The van der Waals surface area contributed by atoms with Crippen LogP contribution in [0, 0.1) is 0 Å². The lowest BCUT2D eigenvalue weighted by Crippen LogP contribution is -1.82. The van der Waals surface area contributed by atoms with Crippen LogP contribution in [0.2, 0.25) is 0 Å². The zero-order valence-electron chi connectivity index (χ0n) is 6.12. The number of nitrogens with zero attached hydrogens (tertiary/aromatic N) is 1. The molecule has 1 aliphatic rings. The molecule has 56 valence electrons. The van der Waals surface area contributed by atoms with Crippen LogP contribution in [0.25, 0.3) is 5.76 Å². The van der Waals surface area contributed by atoms with E-state index < -0.39 is 0 Å². The lowest BCUT2D eigenvalue weighted by atomic mass is 10.2. The lowest BCUT2D eigenvalue weighted by molar-refractivity contribution is 0.509. The van der Waals surface area contributed by atoms with Gasteiger partial charge in [0.1, 0.15) is 5.76 Å². The minimum atomic E-state index is 0.429. The second-order valence-electron chi connectivity index (χ2n) is 2.69. The summed E-state index contributed by atoms with van der Waals surface area (Å²) in [6.07, 6.45) is 5.47. The predicted octanol–water partition coefficient (Wildman–Crippen LogP) is 2.14. The van der Waals surface area contributed by atoms with E-state index in [0.29, 0.717) is 5.76 Å². The van der Waals surface area contributed by atoms with Gasteiger partial charge in [-0.25, -0.2) is 0 Å². The molecule has 11 heavy (non-hydrogen) atoms. The van der Waals surface area contributed by atoms with E-state index in [1.54, 1.807) is 12.4 Å². The van der Waals surface area contributed by atoms with Crippen LogP contribution in [0.5, 0.6) is 0 Å². The maximum absolute atomic E-state index is 9.50. The Bertz CT molecular complexity index is 284. The molecule has 2 heteroatoms. The summed E-state index contributed by atoms with van der Waals surface area (Å²) in [6.45, 7) is 0. The molecular formula is C9H9NO. The van der Waals surface area contributed by atoms with Crippen LogP contribution in [-0.4, -0.2) is 10.1 Å². The highest BCUT2D eigenvalue weighted by molar-refractivity contribution is 5.63. The molecular weight excluding hydrogens is 138 g/mol. The van der Waals surface area contributed by atoms with Gasteiger partial charge in [-0.2, -0.15) is 0 Å². The van der Waals surface area contributed by atoms with Crippen molar-refractivity contribution in [3.05, 3.63) is 35.7 Å². The van der Waals surface area contributed by atoms with E-state index in [-0.39, 0.29) is 0 Å². The predicted molar refractivity (Wildman–Crippen MR) is 43.0 cm³/mol. The van der Waals surface area contributed by atoms with Gasteiger partial charge >= 0.3 is 0 Å². The highest BCUT2D eigenvalue weighted by atomic mass is 16.3. The second-order valence-corrected chi connectivity index (χ2v) is 2.69. The van der Waals surface area contributed by atoms with Crippen LogP contribution in [0.4, 0.5) is 0 Å². The van der Waals surface area contributed by atoms with E-state index in [1.165, 1.54) is 0 Å². The molecule has 0 unspecified atom stereocenters. The average molecular weight is 147 g/mol. The third-order valence-electron chi connectivity index (χ3n) is 1.77. The van der Waals surface area contributed by atoms with E-state index >= 15 is 0 Å². The van der Waals surface area contributed by atoms with E-state index in [9.17, 15) is 5.11 Å². The number of rotatable bonds is 1. The molecule has 0 amide bonds. The highest BCUT2D eigenvalue weighted by Crippen LogP contribution is 2.34. The maximum atomic E-state index is 9.50. The van der Waals surface area contributed by atoms with Crippen molar-refractivity contribution in [2.45, 2.75) is 12.8 Å². The fraction of sp³-hybridized carbons (Fsp3) is 0.222. The van der Waals surface area contributed by atoms with Gasteiger partial charge in [0.05, 0.1) is 0 Å². The van der Waals surface area contributed by atoms with Gasteiger partial charge in [-0.1, -0.05) is 0 Å². The van der Waals surface area contributed by atoms with E-state index in [2.05, 4.69) is 4.98 Å². The monoisotopic (exact) mass is 147 g/mol. The Hall–Kier alpha value is -1.31. The van der Waals surface area contributed by atoms with Crippen molar-refractivity contribution in [2.24, 2.45) is 0 Å². The molecule has 0 aromatic carbocycles. The zero-order chi connectivity index (χ0) is 7.68. The summed E-state index contributed by atoms with van der Waals surface area (Å²) in [5.74, 6) is 0.429. The Balaban J connectivity index is 2.37. The Morgan fingerprint density at radius 2 is 2.27 bits per heavy atom. The molecule has 1 aromatic heterocycles. The summed E-state index contributed by atoms with van der Waals surface area (Å²) in [6, 6.07) is 3.70. The quantitative estimate of drug-likeness (QED) is 0.617. The normalized spacial score (nSPS) is 14.7. The Morgan fingerprint density at radius 3 is 2.82 bits per heavy atom. The standard InChI is InChI=1S/C9H9NO/c11-9(7-3-4-7)8-2-1-5-10-6-8/h1-2,5-6,11H,3-4H2. The molecule has 1 aromatic rings. The Morgan fingerprint density at radius 1 is 1.45 bits per heavy atom. The van der Waals surface area contributed by atoms with Gasteiger partial charge in [0.15, 0.2) is 0 Å². The third-order valence-corrected chi connectivity index (χ3v) is 1.77. The third kappa shape index (κ3) is 1.24. The number of aliphatic hydroxyl groups excluding tert-OH is 1. The number of hydrogen-bond donors (Lipinski definition) is 1. The van der Waals surface area contributed by atoms with Crippen molar-refractivity contribution >= 4 is 5.76 Å². The van der Waals surface area contributed by atoms with E-state index in [1.807, 2.05) is 12.1 Å². The molecule has 2 nitrogen and oxygen atoms in total. The first-order valence-electron chi connectivity index (χ1n) is 3.69. The van der Waals surface area contributed by atoms with Crippen LogP contribution in [0.15, 0.2) is 30.1 Å². The van der Waals surface area contributed by atoms with Crippen molar-refractivity contribution in [1.82, 2.24) is 4.98 Å². The molecule has 1 N–H and O–H groups in total. The minimum Gasteiger partial charge on any atom is -0.507 e. The van der Waals surface area contributed by atoms with Gasteiger partial charge in [-0.3, -0.25) is 4.98 Å². The first kappa shape index (κ1) is 6.40. The first-order chi connectivity index (χ1) is 5.38. The van der Waals surface area contributed by atoms with Crippen LogP contribution >= 0.6 is 0 Å². The summed E-state index contributed by atoms with van der Waals surface area (Å²) < 4.78 is 0. The molecule has 0 spiro atoms. The largest absolute Gasteiger partial charge is 0.507 e. The second kappa shape index (κ2) is 2.38. The molecule has 0 radical (unpaired) electrons. The topological polar surface area (TPSA) is 33.1 Å². The van der Waals surface area contributed by atoms with E-state index in [4.69, 9.17) is 0 Å². The molecule has 1 saturated carbocycles. The van der Waals surface area contributed by atoms with Gasteiger partial charge in [-0.15, -0.1) is 0 Å². The fourth-order valence-electron chi connectivity index (χ4n) is 1.01. The number of hydrogen-bond acceptors (Lipinski definition) is 2. The zero-order valence-corrected chi connectivity index (χ0v) is 6.12. The molecule has 1 aliphatic carbocycles. The number of allylic oxidation sites excluding steroid dienone is 1. The summed E-state index contributed by atoms with van der Waals surface area (Å²) in [7, 11) is 0. The molecule has 0 atom stereocenters. The lowest BCUT2D eigenvalue weighted by Gasteiger charge is -1.96. The maximum Gasteiger partial charge on any atom is 0.123 e. The van der Waals surface area contributed by atoms with Gasteiger partial charge in [0.2, 0.25) is 0 Å². The summed E-state index contributed by atoms with van der Waals surface area (Å²) in [5.41, 5.74) is 1.98.